The van der Waals surface area contributed by atoms with Gasteiger partial charge in [0.2, 0.25) is 0 Å². The molecule has 0 aliphatic heterocycles. The Kier molecular flexibility index (Phi) is 5.26. The van der Waals surface area contributed by atoms with E-state index in [0.717, 1.165) is 5.56 Å². The number of nitrogens with one attached hydrogen (secondary N) is 1. The van der Waals surface area contributed by atoms with Crippen molar-refractivity contribution >= 4 is 23.2 Å². The zero-order chi connectivity index (χ0) is 14.5. The summed E-state index contributed by atoms with van der Waals surface area (Å²) in [5.74, 6) is 0.135. The van der Waals surface area contributed by atoms with Crippen molar-refractivity contribution < 1.29 is 10.2 Å². The molecule has 3 N–H and O–H groups in total. The molecule has 0 aliphatic carbocycles. The van der Waals surface area contributed by atoms with Crippen LogP contribution in [0.5, 0.6) is 5.75 Å². The first kappa shape index (κ1) is 15.1. The molecule has 5 heteroatoms. The molecule has 2 aromatic rings. The second-order valence-corrected chi connectivity index (χ2v) is 5.26. The minimum Gasteiger partial charge on any atom is -0.508 e. The van der Waals surface area contributed by atoms with E-state index in [2.05, 4.69) is 5.32 Å². The zero-order valence-corrected chi connectivity index (χ0v) is 12.2. The second-order valence-electron chi connectivity index (χ2n) is 4.44. The van der Waals surface area contributed by atoms with Gasteiger partial charge in [-0.1, -0.05) is 41.4 Å². The first-order valence-corrected chi connectivity index (χ1v) is 6.94. The molecular weight excluding hydrogens is 297 g/mol. The lowest BCUT2D eigenvalue weighted by Gasteiger charge is -2.13. The molecule has 2 aromatic carbocycles. The van der Waals surface area contributed by atoms with Crippen molar-refractivity contribution in [1.82, 2.24) is 5.32 Å². The van der Waals surface area contributed by atoms with Crippen molar-refractivity contribution in [2.45, 2.75) is 12.6 Å². The Morgan fingerprint density at radius 1 is 1.05 bits per heavy atom. The average Bonchev–Trinajstić information content (AvgIpc) is 2.42. The fraction of sp³-hybridized carbons (Fsp3) is 0.200. The van der Waals surface area contributed by atoms with Gasteiger partial charge in [0.1, 0.15) is 5.75 Å². The van der Waals surface area contributed by atoms with Gasteiger partial charge in [0, 0.05) is 28.7 Å². The Balaban J connectivity index is 1.93. The number of benzene rings is 2. The van der Waals surface area contributed by atoms with E-state index >= 15 is 0 Å². The van der Waals surface area contributed by atoms with Gasteiger partial charge in [-0.05, 0) is 29.8 Å². The van der Waals surface area contributed by atoms with Gasteiger partial charge < -0.3 is 15.5 Å². The lowest BCUT2D eigenvalue weighted by atomic mass is 10.1. The summed E-state index contributed by atoms with van der Waals surface area (Å²) in [5.41, 5.74) is 1.46. The van der Waals surface area contributed by atoms with Crippen LogP contribution in [0.2, 0.25) is 10.0 Å². The molecule has 3 nitrogen and oxygen atoms in total. The fourth-order valence-corrected chi connectivity index (χ4v) is 2.42. The zero-order valence-electron chi connectivity index (χ0n) is 10.7. The normalized spacial score (nSPS) is 12.3. The number of aliphatic hydroxyl groups excluding tert-OH is 1. The molecule has 2 rings (SSSR count). The number of halogens is 2. The highest BCUT2D eigenvalue weighted by molar-refractivity contribution is 6.35. The quantitative estimate of drug-likeness (QED) is 0.792. The van der Waals surface area contributed by atoms with E-state index in [0.29, 0.717) is 28.7 Å². The largest absolute Gasteiger partial charge is 0.508 e. The molecule has 20 heavy (non-hydrogen) atoms. The number of aromatic hydroxyl groups is 1. The van der Waals surface area contributed by atoms with E-state index in [1.807, 2.05) is 0 Å². The molecule has 0 saturated carbocycles. The van der Waals surface area contributed by atoms with Gasteiger partial charge >= 0.3 is 0 Å². The lowest BCUT2D eigenvalue weighted by Crippen LogP contribution is -2.21. The number of rotatable bonds is 5. The predicted molar refractivity (Wildman–Crippen MR) is 81.2 cm³/mol. The Bertz CT molecular complexity index is 570. The predicted octanol–water partition coefficient (Wildman–Crippen LogP) is 3.52. The van der Waals surface area contributed by atoms with Crippen molar-refractivity contribution in [3.63, 3.8) is 0 Å². The van der Waals surface area contributed by atoms with Crippen LogP contribution in [0.15, 0.2) is 42.5 Å². The molecule has 0 amide bonds. The summed E-state index contributed by atoms with van der Waals surface area (Å²) in [4.78, 5) is 0. The summed E-state index contributed by atoms with van der Waals surface area (Å²) in [6, 6.07) is 11.9. The third-order valence-electron chi connectivity index (χ3n) is 2.96. The summed E-state index contributed by atoms with van der Waals surface area (Å²) >= 11 is 12.1. The van der Waals surface area contributed by atoms with E-state index in [1.165, 1.54) is 6.07 Å². The molecule has 0 bridgehead atoms. The van der Waals surface area contributed by atoms with Gasteiger partial charge in [0.15, 0.2) is 0 Å². The standard InChI is InChI=1S/C15H15Cl2NO2/c16-13-5-2-6-14(17)12(13)8-18-9-15(20)10-3-1-4-11(19)7-10/h1-7,15,18-20H,8-9H2/t15-/m1/s1. The van der Waals surface area contributed by atoms with E-state index in [1.54, 1.807) is 36.4 Å². The Morgan fingerprint density at radius 2 is 1.70 bits per heavy atom. The molecular formula is C15H15Cl2NO2. The minimum absolute atomic E-state index is 0.135. The van der Waals surface area contributed by atoms with Crippen molar-refractivity contribution in [1.29, 1.82) is 0 Å². The van der Waals surface area contributed by atoms with Crippen LogP contribution in [0.1, 0.15) is 17.2 Å². The molecule has 0 heterocycles. The van der Waals surface area contributed by atoms with Crippen LogP contribution in [-0.2, 0) is 6.54 Å². The summed E-state index contributed by atoms with van der Waals surface area (Å²) in [5, 5.41) is 23.7. The summed E-state index contributed by atoms with van der Waals surface area (Å²) in [6.07, 6.45) is -0.705. The highest BCUT2D eigenvalue weighted by atomic mass is 35.5. The molecule has 0 radical (unpaired) electrons. The van der Waals surface area contributed by atoms with Crippen molar-refractivity contribution in [2.24, 2.45) is 0 Å². The number of phenolic OH excluding ortho intramolecular Hbond substituents is 1. The van der Waals surface area contributed by atoms with Crippen molar-refractivity contribution in [3.05, 3.63) is 63.6 Å². The molecule has 0 aliphatic rings. The van der Waals surface area contributed by atoms with Gasteiger partial charge in [0.25, 0.3) is 0 Å². The van der Waals surface area contributed by atoms with E-state index in [-0.39, 0.29) is 5.75 Å². The Morgan fingerprint density at radius 3 is 2.35 bits per heavy atom. The van der Waals surface area contributed by atoms with Crippen LogP contribution in [0.3, 0.4) is 0 Å². The van der Waals surface area contributed by atoms with Crippen LogP contribution in [0, 0.1) is 0 Å². The SMILES string of the molecule is Oc1cccc([C@H](O)CNCc2c(Cl)cccc2Cl)c1. The molecule has 106 valence electrons. The molecule has 0 aromatic heterocycles. The summed E-state index contributed by atoms with van der Waals surface area (Å²) < 4.78 is 0. The van der Waals surface area contributed by atoms with Crippen molar-refractivity contribution in [3.8, 4) is 5.75 Å². The third kappa shape index (κ3) is 3.87. The maximum atomic E-state index is 10.0. The maximum absolute atomic E-state index is 10.0. The molecule has 0 spiro atoms. The maximum Gasteiger partial charge on any atom is 0.115 e. The van der Waals surface area contributed by atoms with E-state index < -0.39 is 6.10 Å². The Hall–Kier alpha value is -1.26. The average molecular weight is 312 g/mol. The second kappa shape index (κ2) is 6.95. The smallest absolute Gasteiger partial charge is 0.115 e. The summed E-state index contributed by atoms with van der Waals surface area (Å²) in [6.45, 7) is 0.805. The van der Waals surface area contributed by atoms with Crippen LogP contribution in [-0.4, -0.2) is 16.8 Å². The van der Waals surface area contributed by atoms with Crippen LogP contribution in [0.25, 0.3) is 0 Å². The highest BCUT2D eigenvalue weighted by Crippen LogP contribution is 2.24. The molecule has 0 fully saturated rings. The van der Waals surface area contributed by atoms with Gasteiger partial charge in [-0.2, -0.15) is 0 Å². The van der Waals surface area contributed by atoms with Crippen LogP contribution in [0.4, 0.5) is 0 Å². The highest BCUT2D eigenvalue weighted by Gasteiger charge is 2.09. The van der Waals surface area contributed by atoms with Crippen LogP contribution >= 0.6 is 23.2 Å². The first-order chi connectivity index (χ1) is 9.58. The van der Waals surface area contributed by atoms with Gasteiger partial charge in [-0.25, -0.2) is 0 Å². The van der Waals surface area contributed by atoms with E-state index in [9.17, 15) is 10.2 Å². The van der Waals surface area contributed by atoms with Crippen LogP contribution < -0.4 is 5.32 Å². The van der Waals surface area contributed by atoms with Crippen molar-refractivity contribution in [2.75, 3.05) is 6.54 Å². The molecule has 0 unspecified atom stereocenters. The van der Waals surface area contributed by atoms with Gasteiger partial charge in [-0.3, -0.25) is 0 Å². The number of hydrogen-bond acceptors (Lipinski definition) is 3. The number of phenols is 1. The summed E-state index contributed by atoms with van der Waals surface area (Å²) in [7, 11) is 0. The molecule has 0 saturated heterocycles. The minimum atomic E-state index is -0.705. The van der Waals surface area contributed by atoms with E-state index in [4.69, 9.17) is 23.2 Å². The first-order valence-electron chi connectivity index (χ1n) is 6.18. The lowest BCUT2D eigenvalue weighted by molar-refractivity contribution is 0.174. The third-order valence-corrected chi connectivity index (χ3v) is 3.66. The Labute approximate surface area is 127 Å². The fourth-order valence-electron chi connectivity index (χ4n) is 1.89. The number of aliphatic hydroxyl groups is 1. The number of hydrogen-bond donors (Lipinski definition) is 3. The monoisotopic (exact) mass is 311 g/mol. The van der Waals surface area contributed by atoms with Gasteiger partial charge in [0.05, 0.1) is 6.10 Å². The van der Waals surface area contributed by atoms with Gasteiger partial charge in [-0.15, -0.1) is 0 Å². The topological polar surface area (TPSA) is 52.5 Å². The molecule has 1 atom stereocenters.